The quantitative estimate of drug-likeness (QED) is 0.677. The van der Waals surface area contributed by atoms with E-state index in [-0.39, 0.29) is 11.9 Å². The molecule has 3 rings (SSSR count). The lowest BCUT2D eigenvalue weighted by atomic mass is 10.1. The second kappa shape index (κ2) is 8.81. The zero-order chi connectivity index (χ0) is 19.1. The Kier molecular flexibility index (Phi) is 6.01. The molecule has 0 aliphatic carbocycles. The van der Waals surface area contributed by atoms with E-state index in [1.54, 1.807) is 18.3 Å². The molecule has 0 bridgehead atoms. The van der Waals surface area contributed by atoms with Crippen molar-refractivity contribution in [3.05, 3.63) is 77.8 Å². The summed E-state index contributed by atoms with van der Waals surface area (Å²) in [5.41, 5.74) is 2.57. The van der Waals surface area contributed by atoms with Crippen LogP contribution in [0.3, 0.4) is 0 Å². The third kappa shape index (κ3) is 5.05. The highest BCUT2D eigenvalue weighted by atomic mass is 16.4. The number of carbonyl (C=O) groups excluding carboxylic acids is 1. The van der Waals surface area contributed by atoms with Gasteiger partial charge in [0.2, 0.25) is 5.91 Å². The first-order valence-corrected chi connectivity index (χ1v) is 8.95. The Morgan fingerprint density at radius 2 is 1.93 bits per heavy atom. The van der Waals surface area contributed by atoms with Crippen LogP contribution >= 0.6 is 0 Å². The highest BCUT2D eigenvalue weighted by Crippen LogP contribution is 2.20. The first-order valence-electron chi connectivity index (χ1n) is 8.95. The SMILES string of the molecule is CC(NC(=O)CCCc1ncc(-c2ccccc2)o1)c1ccc(C#N)cc1. The van der Waals surface area contributed by atoms with E-state index in [0.29, 0.717) is 30.7 Å². The summed E-state index contributed by atoms with van der Waals surface area (Å²) in [7, 11) is 0. The topological polar surface area (TPSA) is 78.9 Å². The largest absolute Gasteiger partial charge is 0.441 e. The number of aromatic nitrogens is 1. The van der Waals surface area contributed by atoms with E-state index in [4.69, 9.17) is 9.68 Å². The molecule has 5 heteroatoms. The number of rotatable bonds is 7. The standard InChI is InChI=1S/C22H21N3O2/c1-16(18-12-10-17(14-23)11-13-18)25-21(26)8-5-9-22-24-15-20(27-22)19-6-3-2-4-7-19/h2-4,6-7,10-13,15-16H,5,8-9H2,1H3,(H,25,26). The second-order valence-corrected chi connectivity index (χ2v) is 6.36. The van der Waals surface area contributed by atoms with E-state index < -0.39 is 0 Å². The molecular weight excluding hydrogens is 338 g/mol. The van der Waals surface area contributed by atoms with Crippen LogP contribution in [0.25, 0.3) is 11.3 Å². The summed E-state index contributed by atoms with van der Waals surface area (Å²) in [6.07, 6.45) is 3.41. The highest BCUT2D eigenvalue weighted by Gasteiger charge is 2.11. The van der Waals surface area contributed by atoms with Gasteiger partial charge in [0, 0.05) is 18.4 Å². The minimum atomic E-state index is -0.100. The predicted molar refractivity (Wildman–Crippen MR) is 103 cm³/mol. The van der Waals surface area contributed by atoms with Crippen molar-refractivity contribution in [2.45, 2.75) is 32.2 Å². The van der Waals surface area contributed by atoms with Crippen LogP contribution in [0.4, 0.5) is 0 Å². The fourth-order valence-electron chi connectivity index (χ4n) is 2.81. The monoisotopic (exact) mass is 359 g/mol. The lowest BCUT2D eigenvalue weighted by Crippen LogP contribution is -2.26. The molecule has 1 N–H and O–H groups in total. The molecule has 1 amide bonds. The summed E-state index contributed by atoms with van der Waals surface area (Å²) in [6, 6.07) is 19.0. The van der Waals surface area contributed by atoms with E-state index in [9.17, 15) is 4.79 Å². The van der Waals surface area contributed by atoms with Crippen LogP contribution < -0.4 is 5.32 Å². The van der Waals surface area contributed by atoms with Gasteiger partial charge in [0.1, 0.15) is 0 Å². The van der Waals surface area contributed by atoms with Gasteiger partial charge in [-0.05, 0) is 31.0 Å². The minimum absolute atomic E-state index is 0.0123. The highest BCUT2D eigenvalue weighted by molar-refractivity contribution is 5.76. The predicted octanol–water partition coefficient (Wildman–Crippen LogP) is 4.41. The third-order valence-corrected chi connectivity index (χ3v) is 4.32. The first kappa shape index (κ1) is 18.4. The summed E-state index contributed by atoms with van der Waals surface area (Å²) >= 11 is 0. The first-order chi connectivity index (χ1) is 13.2. The van der Waals surface area contributed by atoms with Crippen LogP contribution in [-0.2, 0) is 11.2 Å². The number of benzene rings is 2. The number of nitriles is 1. The number of oxazole rings is 1. The van der Waals surface area contributed by atoms with Crippen LogP contribution in [0.2, 0.25) is 0 Å². The number of nitrogens with zero attached hydrogens (tertiary/aromatic N) is 2. The Balaban J connectivity index is 1.45. The van der Waals surface area contributed by atoms with Crippen molar-refractivity contribution in [2.24, 2.45) is 0 Å². The van der Waals surface area contributed by atoms with Crippen molar-refractivity contribution < 1.29 is 9.21 Å². The number of hydrogen-bond acceptors (Lipinski definition) is 4. The van der Waals surface area contributed by atoms with Crippen LogP contribution in [0, 0.1) is 11.3 Å². The molecule has 0 aliphatic rings. The molecule has 0 spiro atoms. The maximum atomic E-state index is 12.2. The fraction of sp³-hybridized carbons (Fsp3) is 0.227. The molecule has 5 nitrogen and oxygen atoms in total. The van der Waals surface area contributed by atoms with Gasteiger partial charge in [-0.1, -0.05) is 42.5 Å². The minimum Gasteiger partial charge on any atom is -0.441 e. The van der Waals surface area contributed by atoms with Crippen LogP contribution in [0.1, 0.15) is 42.8 Å². The van der Waals surface area contributed by atoms with E-state index in [0.717, 1.165) is 16.9 Å². The lowest BCUT2D eigenvalue weighted by Gasteiger charge is -2.14. The maximum absolute atomic E-state index is 12.2. The Morgan fingerprint density at radius 3 is 2.63 bits per heavy atom. The second-order valence-electron chi connectivity index (χ2n) is 6.36. The van der Waals surface area contributed by atoms with Crippen molar-refractivity contribution in [1.82, 2.24) is 10.3 Å². The summed E-state index contributed by atoms with van der Waals surface area (Å²) in [4.78, 5) is 16.4. The fourth-order valence-corrected chi connectivity index (χ4v) is 2.81. The summed E-state index contributed by atoms with van der Waals surface area (Å²) in [5.74, 6) is 1.37. The van der Waals surface area contributed by atoms with Gasteiger partial charge in [0.15, 0.2) is 11.7 Å². The molecule has 1 atom stereocenters. The van der Waals surface area contributed by atoms with Gasteiger partial charge in [-0.2, -0.15) is 5.26 Å². The molecule has 1 aromatic heterocycles. The van der Waals surface area contributed by atoms with Crippen molar-refractivity contribution >= 4 is 5.91 Å². The third-order valence-electron chi connectivity index (χ3n) is 4.32. The zero-order valence-corrected chi connectivity index (χ0v) is 15.2. The van der Waals surface area contributed by atoms with Crippen molar-refractivity contribution in [2.75, 3.05) is 0 Å². The molecule has 1 unspecified atom stereocenters. The zero-order valence-electron chi connectivity index (χ0n) is 15.2. The molecule has 1 heterocycles. The molecule has 27 heavy (non-hydrogen) atoms. The van der Waals surface area contributed by atoms with Crippen LogP contribution in [0.5, 0.6) is 0 Å². The Bertz CT molecular complexity index is 924. The van der Waals surface area contributed by atoms with Gasteiger partial charge in [-0.3, -0.25) is 4.79 Å². The van der Waals surface area contributed by atoms with Crippen LogP contribution in [0.15, 0.2) is 65.2 Å². The maximum Gasteiger partial charge on any atom is 0.220 e. The van der Waals surface area contributed by atoms with Crippen molar-refractivity contribution in [3.8, 4) is 17.4 Å². The smallest absolute Gasteiger partial charge is 0.220 e. The molecule has 0 saturated carbocycles. The molecule has 136 valence electrons. The van der Waals surface area contributed by atoms with E-state index in [2.05, 4.69) is 16.4 Å². The Hall–Kier alpha value is -3.39. The van der Waals surface area contributed by atoms with Gasteiger partial charge < -0.3 is 9.73 Å². The molecule has 2 aromatic carbocycles. The summed E-state index contributed by atoms with van der Waals surface area (Å²) < 4.78 is 5.75. The molecule has 0 radical (unpaired) electrons. The molecule has 0 saturated heterocycles. The van der Waals surface area contributed by atoms with Gasteiger partial charge in [0.05, 0.1) is 23.9 Å². The molecule has 0 fully saturated rings. The summed E-state index contributed by atoms with van der Waals surface area (Å²) in [6.45, 7) is 1.93. The van der Waals surface area contributed by atoms with E-state index in [1.165, 1.54) is 0 Å². The number of carbonyl (C=O) groups is 1. The van der Waals surface area contributed by atoms with Gasteiger partial charge in [-0.15, -0.1) is 0 Å². The summed E-state index contributed by atoms with van der Waals surface area (Å²) in [5, 5.41) is 11.8. The van der Waals surface area contributed by atoms with Gasteiger partial charge in [-0.25, -0.2) is 4.98 Å². The number of amides is 1. The van der Waals surface area contributed by atoms with Crippen molar-refractivity contribution in [1.29, 1.82) is 5.26 Å². The van der Waals surface area contributed by atoms with E-state index >= 15 is 0 Å². The molecular formula is C22H21N3O2. The van der Waals surface area contributed by atoms with Crippen LogP contribution in [-0.4, -0.2) is 10.9 Å². The number of nitrogens with one attached hydrogen (secondary N) is 1. The Labute approximate surface area is 158 Å². The average Bonchev–Trinajstić information content (AvgIpc) is 3.17. The molecule has 3 aromatic rings. The van der Waals surface area contributed by atoms with Gasteiger partial charge >= 0.3 is 0 Å². The number of aryl methyl sites for hydroxylation is 1. The van der Waals surface area contributed by atoms with E-state index in [1.807, 2.05) is 49.4 Å². The lowest BCUT2D eigenvalue weighted by molar-refractivity contribution is -0.121. The van der Waals surface area contributed by atoms with Crippen molar-refractivity contribution in [3.63, 3.8) is 0 Å². The van der Waals surface area contributed by atoms with Gasteiger partial charge in [0.25, 0.3) is 0 Å². The average molecular weight is 359 g/mol. The normalized spacial score (nSPS) is 11.6. The number of hydrogen-bond donors (Lipinski definition) is 1. The molecule has 0 aliphatic heterocycles. The Morgan fingerprint density at radius 1 is 1.19 bits per heavy atom.